The second-order valence-electron chi connectivity index (χ2n) is 4.79. The monoisotopic (exact) mass is 252 g/mol. The molecule has 1 aromatic heterocycles. The van der Waals surface area contributed by atoms with Crippen molar-refractivity contribution in [2.24, 2.45) is 0 Å². The number of hydrogen-bond donors (Lipinski definition) is 2. The molecule has 18 heavy (non-hydrogen) atoms. The van der Waals surface area contributed by atoms with E-state index in [9.17, 15) is 0 Å². The van der Waals surface area contributed by atoms with Crippen LogP contribution < -0.4 is 10.6 Å². The third-order valence-corrected chi connectivity index (χ3v) is 2.93. The van der Waals surface area contributed by atoms with Crippen LogP contribution in [0.5, 0.6) is 0 Å². The average molecular weight is 252 g/mol. The lowest BCUT2D eigenvalue weighted by Crippen LogP contribution is -2.44. The van der Waals surface area contributed by atoms with Crippen LogP contribution in [-0.4, -0.2) is 47.5 Å². The van der Waals surface area contributed by atoms with Gasteiger partial charge in [0.15, 0.2) is 0 Å². The van der Waals surface area contributed by atoms with Gasteiger partial charge in [0, 0.05) is 25.1 Å². The number of ether oxygens (including phenoxy) is 1. The van der Waals surface area contributed by atoms with E-state index < -0.39 is 0 Å². The van der Waals surface area contributed by atoms with Gasteiger partial charge in [0.1, 0.15) is 17.5 Å². The van der Waals surface area contributed by atoms with Crippen molar-refractivity contribution in [3.63, 3.8) is 0 Å². The number of nitrogen functional groups attached to an aromatic ring is 1. The first-order chi connectivity index (χ1) is 8.60. The van der Waals surface area contributed by atoms with Gasteiger partial charge in [-0.15, -0.1) is 0 Å². The van der Waals surface area contributed by atoms with Crippen LogP contribution in [-0.2, 0) is 4.74 Å². The predicted molar refractivity (Wildman–Crippen MR) is 69.6 cm³/mol. The predicted octanol–water partition coefficient (Wildman–Crippen LogP) is 0.380. The molecule has 1 atom stereocenters. The van der Waals surface area contributed by atoms with E-state index in [0.29, 0.717) is 19.0 Å². The molecule has 1 aliphatic heterocycles. The summed E-state index contributed by atoms with van der Waals surface area (Å²) >= 11 is 0. The van der Waals surface area contributed by atoms with E-state index >= 15 is 0 Å². The zero-order valence-electron chi connectivity index (χ0n) is 10.8. The largest absolute Gasteiger partial charge is 0.394 e. The molecule has 1 unspecified atom stereocenters. The molecule has 6 heteroatoms. The first kappa shape index (κ1) is 13.0. The van der Waals surface area contributed by atoms with E-state index in [-0.39, 0.29) is 18.6 Å². The first-order valence-corrected chi connectivity index (χ1v) is 6.22. The lowest BCUT2D eigenvalue weighted by atomic mass is 10.2. The zero-order chi connectivity index (χ0) is 13.1. The molecule has 3 N–H and O–H groups in total. The Labute approximate surface area is 107 Å². The highest BCUT2D eigenvalue weighted by atomic mass is 16.5. The van der Waals surface area contributed by atoms with Crippen LogP contribution in [0, 0.1) is 0 Å². The Bertz CT molecular complexity index is 411. The number of rotatable bonds is 3. The van der Waals surface area contributed by atoms with Crippen LogP contribution in [0.4, 0.5) is 11.6 Å². The van der Waals surface area contributed by atoms with Crippen LogP contribution in [0.2, 0.25) is 0 Å². The summed E-state index contributed by atoms with van der Waals surface area (Å²) in [6.45, 7) is 6.07. The van der Waals surface area contributed by atoms with E-state index in [2.05, 4.69) is 14.9 Å². The van der Waals surface area contributed by atoms with Crippen molar-refractivity contribution < 1.29 is 9.84 Å². The maximum Gasteiger partial charge on any atom is 0.135 e. The molecule has 1 saturated heterocycles. The van der Waals surface area contributed by atoms with Gasteiger partial charge < -0.3 is 20.5 Å². The summed E-state index contributed by atoms with van der Waals surface area (Å²) in [5.41, 5.74) is 5.81. The second kappa shape index (κ2) is 5.49. The smallest absolute Gasteiger partial charge is 0.135 e. The molecular weight excluding hydrogens is 232 g/mol. The molecule has 6 nitrogen and oxygen atoms in total. The topological polar surface area (TPSA) is 84.5 Å². The summed E-state index contributed by atoms with van der Waals surface area (Å²) in [5.74, 6) is 2.28. The Morgan fingerprint density at radius 1 is 1.56 bits per heavy atom. The molecule has 0 aromatic carbocycles. The average Bonchev–Trinajstić information content (AvgIpc) is 2.38. The van der Waals surface area contributed by atoms with E-state index in [1.165, 1.54) is 0 Å². The number of anilines is 2. The third-order valence-electron chi connectivity index (χ3n) is 2.93. The molecule has 2 rings (SSSR count). The summed E-state index contributed by atoms with van der Waals surface area (Å²) in [6, 6.07) is 1.77. The molecule has 2 heterocycles. The van der Waals surface area contributed by atoms with Crippen molar-refractivity contribution >= 4 is 11.6 Å². The van der Waals surface area contributed by atoms with Gasteiger partial charge in [-0.3, -0.25) is 0 Å². The van der Waals surface area contributed by atoms with Crippen molar-refractivity contribution in [3.8, 4) is 0 Å². The Hall–Kier alpha value is -1.40. The fourth-order valence-electron chi connectivity index (χ4n) is 1.93. The SMILES string of the molecule is CC(C)c1nc(N)cc(N2CCOC(CO)C2)n1. The minimum atomic E-state index is -0.155. The van der Waals surface area contributed by atoms with Crippen molar-refractivity contribution in [2.45, 2.75) is 25.9 Å². The minimum Gasteiger partial charge on any atom is -0.394 e. The molecular formula is C12H20N4O2. The maximum absolute atomic E-state index is 9.14. The number of aliphatic hydroxyl groups excluding tert-OH is 1. The Morgan fingerprint density at radius 2 is 2.33 bits per heavy atom. The molecule has 1 fully saturated rings. The number of morpholine rings is 1. The number of nitrogens with two attached hydrogens (primary N) is 1. The van der Waals surface area contributed by atoms with Crippen molar-refractivity contribution in [1.82, 2.24) is 9.97 Å². The van der Waals surface area contributed by atoms with Crippen LogP contribution in [0.3, 0.4) is 0 Å². The van der Waals surface area contributed by atoms with E-state index in [1.54, 1.807) is 6.07 Å². The Morgan fingerprint density at radius 3 is 3.00 bits per heavy atom. The van der Waals surface area contributed by atoms with Crippen LogP contribution >= 0.6 is 0 Å². The normalized spacial score (nSPS) is 20.4. The number of nitrogens with zero attached hydrogens (tertiary/aromatic N) is 3. The highest BCUT2D eigenvalue weighted by Crippen LogP contribution is 2.20. The number of aromatic nitrogens is 2. The van der Waals surface area contributed by atoms with E-state index in [4.69, 9.17) is 15.6 Å². The van der Waals surface area contributed by atoms with Gasteiger partial charge in [-0.05, 0) is 0 Å². The lowest BCUT2D eigenvalue weighted by molar-refractivity contribution is 0.00335. The van der Waals surface area contributed by atoms with E-state index in [1.807, 2.05) is 13.8 Å². The molecule has 0 spiro atoms. The van der Waals surface area contributed by atoms with Crippen LogP contribution in [0.25, 0.3) is 0 Å². The van der Waals surface area contributed by atoms with Gasteiger partial charge in [-0.2, -0.15) is 0 Å². The Kier molecular flexibility index (Phi) is 3.98. The molecule has 0 aliphatic carbocycles. The third kappa shape index (κ3) is 2.88. The quantitative estimate of drug-likeness (QED) is 0.809. The summed E-state index contributed by atoms with van der Waals surface area (Å²) in [4.78, 5) is 10.8. The van der Waals surface area contributed by atoms with Gasteiger partial charge in [0.05, 0.1) is 19.3 Å². The van der Waals surface area contributed by atoms with Crippen molar-refractivity contribution in [2.75, 3.05) is 36.9 Å². The minimum absolute atomic E-state index is 0.0219. The van der Waals surface area contributed by atoms with Gasteiger partial charge >= 0.3 is 0 Å². The van der Waals surface area contributed by atoms with Gasteiger partial charge in [-0.1, -0.05) is 13.8 Å². The van der Waals surface area contributed by atoms with E-state index in [0.717, 1.165) is 18.2 Å². The summed E-state index contributed by atoms with van der Waals surface area (Å²) < 4.78 is 5.42. The molecule has 0 amide bonds. The molecule has 0 bridgehead atoms. The van der Waals surface area contributed by atoms with Crippen LogP contribution in [0.1, 0.15) is 25.6 Å². The van der Waals surface area contributed by atoms with Crippen molar-refractivity contribution in [3.05, 3.63) is 11.9 Å². The number of hydrogen-bond acceptors (Lipinski definition) is 6. The zero-order valence-corrected chi connectivity index (χ0v) is 10.8. The summed E-state index contributed by atoms with van der Waals surface area (Å²) in [5, 5.41) is 9.14. The maximum atomic E-state index is 9.14. The second-order valence-corrected chi connectivity index (χ2v) is 4.79. The summed E-state index contributed by atoms with van der Waals surface area (Å²) in [7, 11) is 0. The van der Waals surface area contributed by atoms with Gasteiger partial charge in [-0.25, -0.2) is 9.97 Å². The standard InChI is InChI=1S/C12H20N4O2/c1-8(2)12-14-10(13)5-11(15-12)16-3-4-18-9(6-16)7-17/h5,8-9,17H,3-4,6-7H2,1-2H3,(H2,13,14,15). The summed E-state index contributed by atoms with van der Waals surface area (Å²) in [6.07, 6.45) is -0.155. The molecule has 0 radical (unpaired) electrons. The Balaban J connectivity index is 2.21. The lowest BCUT2D eigenvalue weighted by Gasteiger charge is -2.33. The molecule has 0 saturated carbocycles. The molecule has 1 aliphatic rings. The van der Waals surface area contributed by atoms with Crippen molar-refractivity contribution in [1.29, 1.82) is 0 Å². The molecule has 100 valence electrons. The number of aliphatic hydroxyl groups is 1. The van der Waals surface area contributed by atoms with Crippen LogP contribution in [0.15, 0.2) is 6.07 Å². The fourth-order valence-corrected chi connectivity index (χ4v) is 1.93. The van der Waals surface area contributed by atoms with Gasteiger partial charge in [0.2, 0.25) is 0 Å². The fraction of sp³-hybridized carbons (Fsp3) is 0.667. The highest BCUT2D eigenvalue weighted by molar-refractivity contribution is 5.47. The molecule has 1 aromatic rings. The van der Waals surface area contributed by atoms with Gasteiger partial charge in [0.25, 0.3) is 0 Å². The highest BCUT2D eigenvalue weighted by Gasteiger charge is 2.21. The first-order valence-electron chi connectivity index (χ1n) is 6.22.